The zero-order valence-electron chi connectivity index (χ0n) is 18.2. The number of allylic oxidation sites excluding steroid dienone is 1. The number of rotatable bonds is 6. The second-order valence-electron chi connectivity index (χ2n) is 7.65. The van der Waals surface area contributed by atoms with Gasteiger partial charge in [0, 0.05) is 74.4 Å². The highest BCUT2D eigenvalue weighted by Crippen LogP contribution is 2.27. The second-order valence-corrected chi connectivity index (χ2v) is 7.65. The van der Waals surface area contributed by atoms with Gasteiger partial charge in [0.1, 0.15) is 5.84 Å². The monoisotopic (exact) mass is 446 g/mol. The Hall–Kier alpha value is -3.27. The van der Waals surface area contributed by atoms with Gasteiger partial charge in [-0.15, -0.1) is 0 Å². The van der Waals surface area contributed by atoms with E-state index in [2.05, 4.69) is 15.3 Å². The maximum Gasteiger partial charge on any atom is 0.219 e. The van der Waals surface area contributed by atoms with Crippen molar-refractivity contribution in [2.75, 3.05) is 33.4 Å². The average molecular weight is 447 g/mol. The first-order valence-corrected chi connectivity index (χ1v) is 10.3. The van der Waals surface area contributed by atoms with Gasteiger partial charge in [-0.05, 0) is 12.5 Å². The number of carbonyl (C=O) groups is 1. The Morgan fingerprint density at radius 1 is 1.38 bits per heavy atom. The lowest BCUT2D eigenvalue weighted by Gasteiger charge is -2.31. The van der Waals surface area contributed by atoms with E-state index >= 15 is 0 Å². The van der Waals surface area contributed by atoms with E-state index in [1.165, 1.54) is 26.3 Å². The Balaban J connectivity index is 2.00. The summed E-state index contributed by atoms with van der Waals surface area (Å²) in [5.74, 6) is -2.09. The van der Waals surface area contributed by atoms with Crippen molar-refractivity contribution in [1.29, 1.82) is 0 Å². The number of nitrogens with one attached hydrogen (secondary N) is 1. The molecule has 0 aliphatic carbocycles. The molecule has 1 aromatic rings. The van der Waals surface area contributed by atoms with E-state index in [0.29, 0.717) is 31.8 Å². The van der Waals surface area contributed by atoms with Crippen LogP contribution in [0.15, 0.2) is 39.6 Å². The number of hydrogen-bond acceptors (Lipinski definition) is 6. The van der Waals surface area contributed by atoms with Crippen LogP contribution in [0.3, 0.4) is 0 Å². The summed E-state index contributed by atoms with van der Waals surface area (Å²) >= 11 is 0. The van der Waals surface area contributed by atoms with Crippen LogP contribution >= 0.6 is 0 Å². The molecule has 172 valence electrons. The van der Waals surface area contributed by atoms with E-state index in [1.807, 2.05) is 0 Å². The fourth-order valence-corrected chi connectivity index (χ4v) is 3.72. The summed E-state index contributed by atoms with van der Waals surface area (Å²) in [7, 11) is 1.50. The fourth-order valence-electron chi connectivity index (χ4n) is 3.72. The van der Waals surface area contributed by atoms with Gasteiger partial charge < -0.3 is 26.4 Å². The smallest absolute Gasteiger partial charge is 0.219 e. The van der Waals surface area contributed by atoms with Crippen molar-refractivity contribution in [2.45, 2.75) is 25.8 Å². The third kappa shape index (κ3) is 5.31. The SMILES string of the molecule is CN=CC(=CN)c1cc(N=C(N)C2=C(NC3CCOC3)CCN(C(C)=O)C2)cc(F)c1F. The lowest BCUT2D eigenvalue weighted by atomic mass is 10.0. The van der Waals surface area contributed by atoms with Crippen LogP contribution in [0.5, 0.6) is 0 Å². The Labute approximate surface area is 185 Å². The summed E-state index contributed by atoms with van der Waals surface area (Å²) in [5, 5.41) is 3.45. The molecule has 1 aromatic carbocycles. The average Bonchev–Trinajstić information content (AvgIpc) is 3.27. The van der Waals surface area contributed by atoms with Gasteiger partial charge in [-0.25, -0.2) is 13.8 Å². The Morgan fingerprint density at radius 2 is 2.16 bits per heavy atom. The second kappa shape index (κ2) is 10.4. The molecular weight excluding hydrogens is 418 g/mol. The van der Waals surface area contributed by atoms with E-state index in [-0.39, 0.29) is 41.2 Å². The summed E-state index contributed by atoms with van der Waals surface area (Å²) in [4.78, 5) is 21.8. The number of aliphatic imine (C=N–C) groups is 2. The van der Waals surface area contributed by atoms with Crippen LogP contribution in [-0.2, 0) is 9.53 Å². The predicted molar refractivity (Wildman–Crippen MR) is 120 cm³/mol. The van der Waals surface area contributed by atoms with Crippen molar-refractivity contribution in [3.63, 3.8) is 0 Å². The van der Waals surface area contributed by atoms with E-state index in [4.69, 9.17) is 16.2 Å². The number of halogens is 2. The minimum atomic E-state index is -1.08. The van der Waals surface area contributed by atoms with Crippen molar-refractivity contribution in [3.05, 3.63) is 46.8 Å². The van der Waals surface area contributed by atoms with Gasteiger partial charge in [-0.3, -0.25) is 9.79 Å². The minimum Gasteiger partial charge on any atom is -0.404 e. The molecule has 8 nitrogen and oxygen atoms in total. The number of nitrogens with two attached hydrogens (primary N) is 2. The standard InChI is InChI=1S/C22H28F2N6O2/c1-13(31)30-5-3-20(28-15-4-6-32-12-15)18(11-30)22(26)29-16-7-17(14(9-25)10-27-2)21(24)19(23)8-16/h7-10,15,28H,3-6,11-12,25H2,1-2H3,(H2,26,29). The molecule has 0 radical (unpaired) electrons. The molecule has 32 heavy (non-hydrogen) atoms. The molecule has 5 N–H and O–H groups in total. The summed E-state index contributed by atoms with van der Waals surface area (Å²) < 4.78 is 34.1. The fraction of sp³-hybridized carbons (Fsp3) is 0.409. The van der Waals surface area contributed by atoms with Gasteiger partial charge in [0.2, 0.25) is 5.91 Å². The molecule has 1 saturated heterocycles. The number of benzene rings is 1. The van der Waals surface area contributed by atoms with E-state index in [1.54, 1.807) is 4.90 Å². The van der Waals surface area contributed by atoms with E-state index in [9.17, 15) is 13.6 Å². The maximum atomic E-state index is 14.4. The van der Waals surface area contributed by atoms with Crippen LogP contribution in [0.1, 0.15) is 25.3 Å². The zero-order valence-corrected chi connectivity index (χ0v) is 18.2. The molecule has 0 saturated carbocycles. The first-order valence-electron chi connectivity index (χ1n) is 10.3. The van der Waals surface area contributed by atoms with Gasteiger partial charge in [-0.2, -0.15) is 0 Å². The minimum absolute atomic E-state index is 0.0749. The van der Waals surface area contributed by atoms with Gasteiger partial charge in [0.05, 0.1) is 24.9 Å². The van der Waals surface area contributed by atoms with Crippen LogP contribution in [0.25, 0.3) is 5.57 Å². The van der Waals surface area contributed by atoms with Crippen LogP contribution < -0.4 is 16.8 Å². The third-order valence-corrected chi connectivity index (χ3v) is 5.43. The highest BCUT2D eigenvalue weighted by molar-refractivity contribution is 6.10. The highest BCUT2D eigenvalue weighted by atomic mass is 19.2. The van der Waals surface area contributed by atoms with Crippen LogP contribution in [0.4, 0.5) is 14.5 Å². The van der Waals surface area contributed by atoms with Gasteiger partial charge in [0.15, 0.2) is 11.6 Å². The maximum absolute atomic E-state index is 14.4. The number of ether oxygens (including phenoxy) is 1. The number of amides is 1. The number of nitrogens with zero attached hydrogens (tertiary/aromatic N) is 3. The zero-order chi connectivity index (χ0) is 23.3. The molecule has 2 heterocycles. The molecule has 2 aliphatic rings. The molecule has 1 fully saturated rings. The summed E-state index contributed by atoms with van der Waals surface area (Å²) in [6.07, 6.45) is 3.91. The molecular formula is C22H28F2N6O2. The molecule has 0 aromatic heterocycles. The third-order valence-electron chi connectivity index (χ3n) is 5.43. The quantitative estimate of drug-likeness (QED) is 0.455. The van der Waals surface area contributed by atoms with E-state index in [0.717, 1.165) is 24.4 Å². The van der Waals surface area contributed by atoms with Crippen molar-refractivity contribution >= 4 is 29.2 Å². The van der Waals surface area contributed by atoms with E-state index < -0.39 is 11.6 Å². The largest absolute Gasteiger partial charge is 0.404 e. The van der Waals surface area contributed by atoms with Gasteiger partial charge in [0.25, 0.3) is 0 Å². The van der Waals surface area contributed by atoms with Crippen molar-refractivity contribution in [3.8, 4) is 0 Å². The molecule has 0 spiro atoms. The Morgan fingerprint density at radius 3 is 2.78 bits per heavy atom. The molecule has 3 rings (SSSR count). The lowest BCUT2D eigenvalue weighted by Crippen LogP contribution is -2.43. The summed E-state index contributed by atoms with van der Waals surface area (Å²) in [6, 6.07) is 2.47. The number of hydrogen-bond donors (Lipinski definition) is 3. The lowest BCUT2D eigenvalue weighted by molar-refractivity contribution is -0.128. The molecule has 2 aliphatic heterocycles. The molecule has 10 heteroatoms. The molecule has 1 amide bonds. The predicted octanol–water partition coefficient (Wildman–Crippen LogP) is 1.84. The first kappa shape index (κ1) is 23.4. The Bertz CT molecular complexity index is 996. The van der Waals surface area contributed by atoms with Crippen molar-refractivity contribution < 1.29 is 18.3 Å². The first-order chi connectivity index (χ1) is 15.3. The summed E-state index contributed by atoms with van der Waals surface area (Å²) in [6.45, 7) is 3.58. The van der Waals surface area contributed by atoms with Gasteiger partial charge >= 0.3 is 0 Å². The van der Waals surface area contributed by atoms with Crippen molar-refractivity contribution in [2.24, 2.45) is 21.5 Å². The van der Waals surface area contributed by atoms with Crippen LogP contribution in [0, 0.1) is 11.6 Å². The molecule has 1 atom stereocenters. The highest BCUT2D eigenvalue weighted by Gasteiger charge is 2.26. The molecule has 1 unspecified atom stereocenters. The Kier molecular flexibility index (Phi) is 7.57. The topological polar surface area (TPSA) is 118 Å². The van der Waals surface area contributed by atoms with Crippen molar-refractivity contribution in [1.82, 2.24) is 10.2 Å². The normalized spacial score (nSPS) is 20.4. The number of amidine groups is 1. The van der Waals surface area contributed by atoms with Crippen LogP contribution in [0.2, 0.25) is 0 Å². The molecule has 0 bridgehead atoms. The summed E-state index contributed by atoms with van der Waals surface area (Å²) in [5.41, 5.74) is 13.6. The number of carbonyl (C=O) groups excluding carboxylic acids is 1. The van der Waals surface area contributed by atoms with Gasteiger partial charge in [-0.1, -0.05) is 0 Å². The van der Waals surface area contributed by atoms with Crippen LogP contribution in [-0.4, -0.2) is 62.3 Å².